The largest absolute Gasteiger partial charge is 0.465 e. The van der Waals surface area contributed by atoms with Crippen LogP contribution < -0.4 is 0 Å². The van der Waals surface area contributed by atoms with Gasteiger partial charge in [-0.15, -0.1) is 0 Å². The summed E-state index contributed by atoms with van der Waals surface area (Å²) >= 11 is 0. The molecular weight excluding hydrogens is 282 g/mol. The molecule has 1 aliphatic heterocycles. The van der Waals surface area contributed by atoms with Gasteiger partial charge in [-0.3, -0.25) is 9.58 Å². The molecule has 0 N–H and O–H groups in total. The molecular formula is C16H25N3O3. The van der Waals surface area contributed by atoms with E-state index in [-0.39, 0.29) is 5.97 Å². The summed E-state index contributed by atoms with van der Waals surface area (Å²) in [6.45, 7) is 6.22. The number of fused-ring (bicyclic) bond motifs is 1. The van der Waals surface area contributed by atoms with Crippen molar-refractivity contribution in [2.45, 2.75) is 58.3 Å². The van der Waals surface area contributed by atoms with Crippen LogP contribution in [0.1, 0.15) is 47.4 Å². The number of esters is 1. The zero-order chi connectivity index (χ0) is 15.7. The normalized spacial score (nSPS) is 25.8. The Morgan fingerprint density at radius 2 is 2.14 bits per heavy atom. The Morgan fingerprint density at radius 1 is 1.36 bits per heavy atom. The third-order valence-electron chi connectivity index (χ3n) is 4.93. The third kappa shape index (κ3) is 2.77. The second-order valence-corrected chi connectivity index (χ2v) is 6.25. The van der Waals surface area contributed by atoms with E-state index in [1.807, 2.05) is 18.5 Å². The Morgan fingerprint density at radius 3 is 2.91 bits per heavy atom. The lowest BCUT2D eigenvalue weighted by molar-refractivity contribution is -0.0994. The number of carbonyl (C=O) groups is 1. The van der Waals surface area contributed by atoms with Crippen molar-refractivity contribution in [1.82, 2.24) is 14.7 Å². The molecule has 3 rings (SSSR count). The van der Waals surface area contributed by atoms with Gasteiger partial charge < -0.3 is 9.47 Å². The summed E-state index contributed by atoms with van der Waals surface area (Å²) in [5.41, 5.74) is 2.21. The van der Waals surface area contributed by atoms with Crippen molar-refractivity contribution in [2.24, 2.45) is 0 Å². The van der Waals surface area contributed by atoms with Crippen LogP contribution in [0.5, 0.6) is 0 Å². The first-order chi connectivity index (χ1) is 10.6. The van der Waals surface area contributed by atoms with E-state index in [0.29, 0.717) is 24.4 Å². The van der Waals surface area contributed by atoms with E-state index in [9.17, 15) is 4.79 Å². The number of aryl methyl sites for hydroxylation is 1. The van der Waals surface area contributed by atoms with E-state index in [2.05, 4.69) is 10.00 Å². The van der Waals surface area contributed by atoms with Gasteiger partial charge in [-0.05, 0) is 26.7 Å². The quantitative estimate of drug-likeness (QED) is 0.798. The molecule has 6 nitrogen and oxygen atoms in total. The highest BCUT2D eigenvalue weighted by Crippen LogP contribution is 2.29. The minimum Gasteiger partial charge on any atom is -0.465 e. The number of rotatable bonds is 3. The molecule has 2 fully saturated rings. The van der Waals surface area contributed by atoms with E-state index in [1.54, 1.807) is 0 Å². The molecule has 2 aliphatic rings. The molecule has 2 atom stereocenters. The summed E-state index contributed by atoms with van der Waals surface area (Å²) in [4.78, 5) is 14.3. The molecule has 1 saturated carbocycles. The standard InChI is InChI=1S/C16H25N3O3/c1-11-15(16(20)21-3)12(2)19(17-11)10-18-8-9-22-14-7-5-4-6-13(14)18/h13-14H,4-10H2,1-3H3/t13-,14+/m1/s1. The van der Waals surface area contributed by atoms with Gasteiger partial charge in [-0.2, -0.15) is 5.10 Å². The van der Waals surface area contributed by atoms with Crippen molar-refractivity contribution in [3.63, 3.8) is 0 Å². The minimum absolute atomic E-state index is 0.307. The summed E-state index contributed by atoms with van der Waals surface area (Å²) in [6.07, 6.45) is 5.24. The minimum atomic E-state index is -0.307. The highest BCUT2D eigenvalue weighted by molar-refractivity contribution is 5.91. The lowest BCUT2D eigenvalue weighted by atomic mass is 9.90. The smallest absolute Gasteiger partial charge is 0.341 e. The molecule has 22 heavy (non-hydrogen) atoms. The molecule has 1 saturated heterocycles. The average Bonchev–Trinajstić information content (AvgIpc) is 2.81. The Bertz CT molecular complexity index is 553. The number of nitrogens with zero attached hydrogens (tertiary/aromatic N) is 3. The van der Waals surface area contributed by atoms with Gasteiger partial charge in [0.05, 0.1) is 37.9 Å². The molecule has 122 valence electrons. The molecule has 0 amide bonds. The fourth-order valence-electron chi connectivity index (χ4n) is 3.76. The fraction of sp³-hybridized carbons (Fsp3) is 0.750. The number of aromatic nitrogens is 2. The summed E-state index contributed by atoms with van der Waals surface area (Å²) in [5, 5.41) is 4.54. The SMILES string of the molecule is COC(=O)c1c(C)nn(CN2CCO[C@H]3CCCC[C@H]32)c1C. The first kappa shape index (κ1) is 15.5. The lowest BCUT2D eigenvalue weighted by Gasteiger charge is -2.43. The van der Waals surface area contributed by atoms with Crippen molar-refractivity contribution in [2.75, 3.05) is 20.3 Å². The van der Waals surface area contributed by atoms with Crippen molar-refractivity contribution in [1.29, 1.82) is 0 Å². The van der Waals surface area contributed by atoms with Gasteiger partial charge in [-0.25, -0.2) is 4.79 Å². The third-order valence-corrected chi connectivity index (χ3v) is 4.93. The van der Waals surface area contributed by atoms with E-state index >= 15 is 0 Å². The molecule has 0 radical (unpaired) electrons. The highest BCUT2D eigenvalue weighted by atomic mass is 16.5. The van der Waals surface area contributed by atoms with Gasteiger partial charge in [0.2, 0.25) is 0 Å². The van der Waals surface area contributed by atoms with Gasteiger partial charge in [0.25, 0.3) is 0 Å². The van der Waals surface area contributed by atoms with Gasteiger partial charge in [0, 0.05) is 12.6 Å². The van der Waals surface area contributed by atoms with Crippen molar-refractivity contribution >= 4 is 5.97 Å². The number of hydrogen-bond donors (Lipinski definition) is 0. The zero-order valence-electron chi connectivity index (χ0n) is 13.7. The molecule has 6 heteroatoms. The van der Waals surface area contributed by atoms with Crippen LogP contribution in [0.3, 0.4) is 0 Å². The van der Waals surface area contributed by atoms with Gasteiger partial charge in [0.1, 0.15) is 5.56 Å². The van der Waals surface area contributed by atoms with Crippen molar-refractivity contribution in [3.05, 3.63) is 17.0 Å². The Kier molecular flexibility index (Phi) is 4.49. The van der Waals surface area contributed by atoms with E-state index < -0.39 is 0 Å². The number of ether oxygens (including phenoxy) is 2. The van der Waals surface area contributed by atoms with Crippen LogP contribution >= 0.6 is 0 Å². The molecule has 0 unspecified atom stereocenters. The van der Waals surface area contributed by atoms with Crippen LogP contribution in [-0.4, -0.2) is 53.1 Å². The van der Waals surface area contributed by atoms with Gasteiger partial charge >= 0.3 is 5.97 Å². The van der Waals surface area contributed by atoms with Crippen LogP contribution in [0.15, 0.2) is 0 Å². The predicted molar refractivity (Wildman–Crippen MR) is 81.7 cm³/mol. The van der Waals surface area contributed by atoms with Crippen molar-refractivity contribution < 1.29 is 14.3 Å². The topological polar surface area (TPSA) is 56.6 Å². The molecule has 0 spiro atoms. The zero-order valence-corrected chi connectivity index (χ0v) is 13.7. The highest BCUT2D eigenvalue weighted by Gasteiger charge is 2.34. The van der Waals surface area contributed by atoms with Gasteiger partial charge in [-0.1, -0.05) is 12.8 Å². The van der Waals surface area contributed by atoms with Gasteiger partial charge in [0.15, 0.2) is 0 Å². The molecule has 0 aromatic carbocycles. The summed E-state index contributed by atoms with van der Waals surface area (Å²) in [5.74, 6) is -0.307. The Labute approximate surface area is 131 Å². The molecule has 1 aromatic heterocycles. The van der Waals surface area contributed by atoms with Crippen molar-refractivity contribution in [3.8, 4) is 0 Å². The maximum atomic E-state index is 11.9. The monoisotopic (exact) mass is 307 g/mol. The average molecular weight is 307 g/mol. The lowest BCUT2D eigenvalue weighted by Crippen LogP contribution is -2.53. The Hall–Kier alpha value is -1.40. The van der Waals surface area contributed by atoms with Crippen LogP contribution in [0, 0.1) is 13.8 Å². The number of methoxy groups -OCH3 is 1. The second-order valence-electron chi connectivity index (χ2n) is 6.25. The fourth-order valence-corrected chi connectivity index (χ4v) is 3.76. The first-order valence-corrected chi connectivity index (χ1v) is 8.09. The number of carbonyl (C=O) groups excluding carboxylic acids is 1. The predicted octanol–water partition coefficient (Wildman–Crippen LogP) is 1.89. The molecule has 1 aromatic rings. The second kappa shape index (κ2) is 6.38. The van der Waals surface area contributed by atoms with E-state index in [0.717, 1.165) is 31.0 Å². The number of hydrogen-bond acceptors (Lipinski definition) is 5. The van der Waals surface area contributed by atoms with Crippen LogP contribution in [0.25, 0.3) is 0 Å². The first-order valence-electron chi connectivity index (χ1n) is 8.09. The van der Waals surface area contributed by atoms with E-state index in [1.165, 1.54) is 26.4 Å². The summed E-state index contributed by atoms with van der Waals surface area (Å²) < 4.78 is 12.7. The Balaban J connectivity index is 1.79. The van der Waals surface area contributed by atoms with Crippen LogP contribution in [0.2, 0.25) is 0 Å². The summed E-state index contributed by atoms with van der Waals surface area (Å²) in [7, 11) is 1.41. The molecule has 1 aliphatic carbocycles. The molecule has 2 heterocycles. The van der Waals surface area contributed by atoms with E-state index in [4.69, 9.17) is 9.47 Å². The molecule has 0 bridgehead atoms. The maximum Gasteiger partial charge on any atom is 0.341 e. The maximum absolute atomic E-state index is 11.9. The van der Waals surface area contributed by atoms with Crippen LogP contribution in [-0.2, 0) is 16.1 Å². The van der Waals surface area contributed by atoms with Crippen LogP contribution in [0.4, 0.5) is 0 Å². The number of morpholine rings is 1. The summed E-state index contributed by atoms with van der Waals surface area (Å²) in [6, 6.07) is 0.480.